The molecule has 80 valence electrons. The molecule has 0 amide bonds. The van der Waals surface area contributed by atoms with Crippen molar-refractivity contribution in [1.82, 2.24) is 0 Å². The molecular weight excluding hydrogens is 188 g/mol. The molecule has 13 heavy (non-hydrogen) atoms. The quantitative estimate of drug-likeness (QED) is 0.589. The van der Waals surface area contributed by atoms with Crippen molar-refractivity contribution in [2.24, 2.45) is 0 Å². The summed E-state index contributed by atoms with van der Waals surface area (Å²) in [5.41, 5.74) is -0.118. The van der Waals surface area contributed by atoms with Crippen LogP contribution < -0.4 is 0 Å². The second-order valence-corrected chi connectivity index (χ2v) is 5.97. The van der Waals surface area contributed by atoms with E-state index >= 15 is 0 Å². The van der Waals surface area contributed by atoms with Crippen LogP contribution in [0.15, 0.2) is 0 Å². The molecule has 0 fully saturated rings. The molecule has 0 rings (SSSR count). The van der Waals surface area contributed by atoms with Gasteiger partial charge in [-0.3, -0.25) is 0 Å². The summed E-state index contributed by atoms with van der Waals surface area (Å²) in [5.74, 6) is 0. The van der Waals surface area contributed by atoms with Crippen LogP contribution in [0.25, 0.3) is 0 Å². The van der Waals surface area contributed by atoms with E-state index in [0.717, 1.165) is 6.42 Å². The zero-order valence-corrected chi connectivity index (χ0v) is 10.1. The molecule has 0 radical (unpaired) electrons. The average molecular weight is 208 g/mol. The summed E-state index contributed by atoms with van der Waals surface area (Å²) >= 11 is 0. The topological polar surface area (TPSA) is 36.9 Å². The van der Waals surface area contributed by atoms with E-state index in [1.54, 1.807) is 21.3 Å². The lowest BCUT2D eigenvalue weighted by atomic mass is 10.5. The van der Waals surface area contributed by atoms with Crippen molar-refractivity contribution in [3.05, 3.63) is 0 Å². The maximum atomic E-state index is 5.52. The van der Waals surface area contributed by atoms with Gasteiger partial charge in [0.05, 0.1) is 0 Å². The molecule has 0 saturated heterocycles. The van der Waals surface area contributed by atoms with Crippen molar-refractivity contribution in [3.63, 3.8) is 0 Å². The van der Waals surface area contributed by atoms with E-state index in [4.69, 9.17) is 18.0 Å². The highest BCUT2D eigenvalue weighted by molar-refractivity contribution is 6.61. The maximum Gasteiger partial charge on any atom is 0.530 e. The fourth-order valence-corrected chi connectivity index (χ4v) is 2.96. The number of ether oxygens (including phenoxy) is 1. The van der Waals surface area contributed by atoms with Crippen molar-refractivity contribution in [1.29, 1.82) is 0 Å². The van der Waals surface area contributed by atoms with Crippen LogP contribution in [0.3, 0.4) is 0 Å². The Hall–Kier alpha value is 0.0569. The second kappa shape index (κ2) is 6.50. The van der Waals surface area contributed by atoms with Crippen molar-refractivity contribution in [2.45, 2.75) is 26.0 Å². The van der Waals surface area contributed by atoms with Gasteiger partial charge < -0.3 is 18.0 Å². The predicted molar refractivity (Wildman–Crippen MR) is 52.5 cm³/mol. The third kappa shape index (κ3) is 3.36. The Balaban J connectivity index is 4.17. The summed E-state index contributed by atoms with van der Waals surface area (Å²) in [6.45, 7) is 4.67. The molecule has 0 bridgehead atoms. The summed E-state index contributed by atoms with van der Waals surface area (Å²) in [5, 5.41) is 0. The van der Waals surface area contributed by atoms with Gasteiger partial charge in [-0.1, -0.05) is 6.92 Å². The third-order valence-electron chi connectivity index (χ3n) is 1.92. The van der Waals surface area contributed by atoms with Gasteiger partial charge in [0.1, 0.15) is 5.73 Å². The molecule has 0 spiro atoms. The van der Waals surface area contributed by atoms with Crippen LogP contribution in [-0.4, -0.2) is 42.5 Å². The Kier molecular flexibility index (Phi) is 6.53. The smallest absolute Gasteiger partial charge is 0.375 e. The van der Waals surface area contributed by atoms with Crippen molar-refractivity contribution < 1.29 is 18.0 Å². The summed E-state index contributed by atoms with van der Waals surface area (Å²) in [6, 6.07) is 0. The van der Waals surface area contributed by atoms with E-state index in [0.29, 0.717) is 6.61 Å². The molecular formula is C8H20O4Si. The van der Waals surface area contributed by atoms with Gasteiger partial charge in [0.15, 0.2) is 0 Å². The van der Waals surface area contributed by atoms with Gasteiger partial charge in [-0.25, -0.2) is 0 Å². The minimum absolute atomic E-state index is 0.118. The van der Waals surface area contributed by atoms with E-state index in [1.165, 1.54) is 0 Å². The molecule has 0 heterocycles. The average Bonchev–Trinajstić information content (AvgIpc) is 2.18. The predicted octanol–water partition coefficient (Wildman–Crippen LogP) is 1.22. The van der Waals surface area contributed by atoms with E-state index in [-0.39, 0.29) is 5.73 Å². The maximum absolute atomic E-state index is 5.52. The van der Waals surface area contributed by atoms with Crippen molar-refractivity contribution >= 4 is 8.80 Å². The van der Waals surface area contributed by atoms with Crippen molar-refractivity contribution in [2.75, 3.05) is 27.9 Å². The molecule has 1 unspecified atom stereocenters. The molecule has 0 aromatic heterocycles. The largest absolute Gasteiger partial charge is 0.530 e. The molecule has 0 N–H and O–H groups in total. The fourth-order valence-electron chi connectivity index (χ4n) is 1.14. The summed E-state index contributed by atoms with van der Waals surface area (Å²) in [7, 11) is 2.18. The first kappa shape index (κ1) is 13.1. The Bertz CT molecular complexity index is 119. The van der Waals surface area contributed by atoms with Gasteiger partial charge in [0.25, 0.3) is 0 Å². The lowest BCUT2D eigenvalue weighted by Gasteiger charge is -2.29. The Morgan fingerprint density at radius 2 is 1.54 bits per heavy atom. The molecule has 0 aliphatic carbocycles. The summed E-state index contributed by atoms with van der Waals surface area (Å²) in [6.07, 6.45) is 0.978. The highest BCUT2D eigenvalue weighted by Crippen LogP contribution is 2.14. The van der Waals surface area contributed by atoms with Crippen LogP contribution in [0.1, 0.15) is 20.3 Å². The van der Waals surface area contributed by atoms with Gasteiger partial charge in [-0.05, 0) is 13.3 Å². The minimum atomic E-state index is -2.58. The molecule has 1 atom stereocenters. The van der Waals surface area contributed by atoms with Gasteiger partial charge in [0, 0.05) is 27.9 Å². The summed E-state index contributed by atoms with van der Waals surface area (Å²) < 4.78 is 21.3. The Morgan fingerprint density at radius 3 is 1.85 bits per heavy atom. The molecule has 0 aromatic rings. The Morgan fingerprint density at radius 1 is 1.08 bits per heavy atom. The van der Waals surface area contributed by atoms with Crippen LogP contribution in [-0.2, 0) is 18.0 Å². The molecule has 0 aromatic carbocycles. The molecule has 0 aliphatic heterocycles. The first-order valence-electron chi connectivity index (χ1n) is 4.43. The van der Waals surface area contributed by atoms with Gasteiger partial charge in [-0.2, -0.15) is 0 Å². The highest BCUT2D eigenvalue weighted by atomic mass is 28.4. The highest BCUT2D eigenvalue weighted by Gasteiger charge is 2.45. The van der Waals surface area contributed by atoms with Gasteiger partial charge >= 0.3 is 8.80 Å². The summed E-state index contributed by atoms with van der Waals surface area (Å²) in [4.78, 5) is 0. The van der Waals surface area contributed by atoms with Crippen LogP contribution in [0.4, 0.5) is 0 Å². The van der Waals surface area contributed by atoms with Crippen LogP contribution in [0.2, 0.25) is 0 Å². The first-order valence-corrected chi connectivity index (χ1v) is 6.24. The normalized spacial score (nSPS) is 14.5. The Labute approximate surface area is 81.5 Å². The minimum Gasteiger partial charge on any atom is -0.375 e. The van der Waals surface area contributed by atoms with Crippen LogP contribution >= 0.6 is 0 Å². The number of rotatable bonds is 7. The zero-order chi connectivity index (χ0) is 10.3. The van der Waals surface area contributed by atoms with Crippen LogP contribution in [0.5, 0.6) is 0 Å². The standard InChI is InChI=1S/C8H20O4Si/c1-6-7-12-8(2)13(9-3,10-4)11-5/h8H,6-7H2,1-5H3. The second-order valence-electron chi connectivity index (χ2n) is 2.73. The number of hydrogen-bond acceptors (Lipinski definition) is 4. The third-order valence-corrected chi connectivity index (χ3v) is 4.79. The first-order chi connectivity index (χ1) is 6.16. The van der Waals surface area contributed by atoms with E-state index in [1.807, 2.05) is 6.92 Å². The van der Waals surface area contributed by atoms with Crippen LogP contribution in [0, 0.1) is 0 Å². The zero-order valence-electron chi connectivity index (χ0n) is 9.12. The number of hydrogen-bond donors (Lipinski definition) is 0. The van der Waals surface area contributed by atoms with E-state index in [2.05, 4.69) is 6.92 Å². The SMILES string of the molecule is CCCOC(C)[Si](OC)(OC)OC. The van der Waals surface area contributed by atoms with E-state index in [9.17, 15) is 0 Å². The van der Waals surface area contributed by atoms with E-state index < -0.39 is 8.80 Å². The fraction of sp³-hybridized carbons (Fsp3) is 1.00. The molecule has 5 heteroatoms. The monoisotopic (exact) mass is 208 g/mol. The van der Waals surface area contributed by atoms with Gasteiger partial charge in [-0.15, -0.1) is 0 Å². The molecule has 0 aliphatic rings. The molecule has 4 nitrogen and oxygen atoms in total. The molecule has 0 saturated carbocycles. The van der Waals surface area contributed by atoms with Gasteiger partial charge in [0.2, 0.25) is 0 Å². The lowest BCUT2D eigenvalue weighted by molar-refractivity contribution is 0.0214. The lowest BCUT2D eigenvalue weighted by Crippen LogP contribution is -2.54. The van der Waals surface area contributed by atoms with Crippen molar-refractivity contribution in [3.8, 4) is 0 Å².